The molecule has 0 aliphatic heterocycles. The van der Waals surface area contributed by atoms with Gasteiger partial charge in [0.2, 0.25) is 0 Å². The molecule has 5 nitrogen and oxygen atoms in total. The van der Waals surface area contributed by atoms with Gasteiger partial charge in [0.15, 0.2) is 5.16 Å². The SMILES string of the molecule is N#Cc1cccc2c1nc(SCC(=O)O)n2CC1CC1. The van der Waals surface area contributed by atoms with Gasteiger partial charge in [0.1, 0.15) is 11.6 Å². The van der Waals surface area contributed by atoms with Gasteiger partial charge < -0.3 is 9.67 Å². The van der Waals surface area contributed by atoms with Crippen LogP contribution in [-0.2, 0) is 11.3 Å². The number of thioether (sulfide) groups is 1. The molecule has 0 atom stereocenters. The lowest BCUT2D eigenvalue weighted by atomic mass is 10.2. The monoisotopic (exact) mass is 287 g/mol. The van der Waals surface area contributed by atoms with Gasteiger partial charge >= 0.3 is 5.97 Å². The molecule has 2 aromatic rings. The number of carbonyl (C=O) groups is 1. The van der Waals surface area contributed by atoms with E-state index in [1.54, 1.807) is 6.07 Å². The predicted octanol–water partition coefficient (Wildman–Crippen LogP) is 2.49. The third kappa shape index (κ3) is 2.49. The topological polar surface area (TPSA) is 78.9 Å². The van der Waals surface area contributed by atoms with Gasteiger partial charge in [-0.25, -0.2) is 4.98 Å². The first-order valence-electron chi connectivity index (χ1n) is 6.43. The molecule has 6 heteroatoms. The Kier molecular flexibility index (Phi) is 3.36. The average Bonchev–Trinajstić information content (AvgIpc) is 3.18. The molecule has 1 aromatic heterocycles. The number of hydrogen-bond acceptors (Lipinski definition) is 4. The number of hydrogen-bond donors (Lipinski definition) is 1. The number of nitriles is 1. The van der Waals surface area contributed by atoms with E-state index >= 15 is 0 Å². The van der Waals surface area contributed by atoms with Crippen LogP contribution in [0.4, 0.5) is 0 Å². The Labute approximate surface area is 120 Å². The number of benzene rings is 1. The predicted molar refractivity (Wildman–Crippen MR) is 75.5 cm³/mol. The summed E-state index contributed by atoms with van der Waals surface area (Å²) >= 11 is 1.21. The molecule has 1 saturated carbocycles. The molecule has 20 heavy (non-hydrogen) atoms. The molecule has 0 unspecified atom stereocenters. The van der Waals surface area contributed by atoms with E-state index in [9.17, 15) is 4.79 Å². The van der Waals surface area contributed by atoms with Crippen molar-refractivity contribution < 1.29 is 9.90 Å². The zero-order valence-electron chi connectivity index (χ0n) is 10.7. The highest BCUT2D eigenvalue weighted by Crippen LogP contribution is 2.34. The zero-order valence-corrected chi connectivity index (χ0v) is 11.6. The molecule has 3 rings (SSSR count). The largest absolute Gasteiger partial charge is 0.481 e. The number of para-hydroxylation sites is 1. The zero-order chi connectivity index (χ0) is 14.1. The Balaban J connectivity index is 2.06. The Morgan fingerprint density at radius 3 is 3.00 bits per heavy atom. The first-order valence-corrected chi connectivity index (χ1v) is 7.41. The van der Waals surface area contributed by atoms with E-state index in [2.05, 4.69) is 15.6 Å². The van der Waals surface area contributed by atoms with Crippen LogP contribution in [0.2, 0.25) is 0 Å². The standard InChI is InChI=1S/C14H13N3O2S/c15-6-10-2-1-3-11-13(10)16-14(20-8-12(18)19)17(11)7-9-4-5-9/h1-3,9H,4-5,7-8H2,(H,18,19). The minimum atomic E-state index is -0.861. The fraction of sp³-hybridized carbons (Fsp3) is 0.357. The van der Waals surface area contributed by atoms with Crippen LogP contribution in [0.15, 0.2) is 23.4 Å². The van der Waals surface area contributed by atoms with Gasteiger partial charge in [0.25, 0.3) is 0 Å². The van der Waals surface area contributed by atoms with E-state index in [0.717, 1.165) is 12.1 Å². The minimum Gasteiger partial charge on any atom is -0.481 e. The van der Waals surface area contributed by atoms with Gasteiger partial charge in [0, 0.05) is 6.54 Å². The third-order valence-corrected chi connectivity index (χ3v) is 4.29. The molecule has 1 aliphatic rings. The molecule has 0 radical (unpaired) electrons. The number of nitrogens with zero attached hydrogens (tertiary/aromatic N) is 3. The number of carboxylic acids is 1. The molecule has 1 aliphatic carbocycles. The van der Waals surface area contributed by atoms with Crippen LogP contribution in [0.25, 0.3) is 11.0 Å². The van der Waals surface area contributed by atoms with Gasteiger partial charge in [-0.05, 0) is 30.9 Å². The third-order valence-electron chi connectivity index (χ3n) is 3.33. The highest BCUT2D eigenvalue weighted by Gasteiger charge is 2.25. The van der Waals surface area contributed by atoms with Crippen molar-refractivity contribution in [2.45, 2.75) is 24.5 Å². The number of rotatable bonds is 5. The summed E-state index contributed by atoms with van der Waals surface area (Å²) in [6, 6.07) is 7.67. The normalized spacial score (nSPS) is 14.3. The fourth-order valence-electron chi connectivity index (χ4n) is 2.19. The van der Waals surface area contributed by atoms with E-state index in [1.165, 1.54) is 24.6 Å². The smallest absolute Gasteiger partial charge is 0.313 e. The molecule has 1 heterocycles. The highest BCUT2D eigenvalue weighted by molar-refractivity contribution is 7.99. The second-order valence-electron chi connectivity index (χ2n) is 4.92. The number of carboxylic acid groups (broad SMARTS) is 1. The van der Waals surface area contributed by atoms with E-state index in [1.807, 2.05) is 12.1 Å². The highest BCUT2D eigenvalue weighted by atomic mass is 32.2. The molecule has 1 N–H and O–H groups in total. The lowest BCUT2D eigenvalue weighted by Gasteiger charge is -2.06. The van der Waals surface area contributed by atoms with Crippen molar-refractivity contribution in [3.8, 4) is 6.07 Å². The summed E-state index contributed by atoms with van der Waals surface area (Å²) in [5.74, 6) is -0.224. The van der Waals surface area contributed by atoms with Gasteiger partial charge in [-0.2, -0.15) is 5.26 Å². The summed E-state index contributed by atoms with van der Waals surface area (Å²) in [5, 5.41) is 18.7. The Bertz CT molecular complexity index is 713. The molecule has 0 bridgehead atoms. The van der Waals surface area contributed by atoms with E-state index in [0.29, 0.717) is 22.2 Å². The van der Waals surface area contributed by atoms with E-state index in [-0.39, 0.29) is 5.75 Å². The number of aliphatic carboxylic acids is 1. The molecule has 1 aromatic carbocycles. The van der Waals surface area contributed by atoms with Crippen LogP contribution in [0.1, 0.15) is 18.4 Å². The second kappa shape index (κ2) is 5.17. The molecule has 102 valence electrons. The van der Waals surface area contributed by atoms with Crippen molar-refractivity contribution in [2.75, 3.05) is 5.75 Å². The maximum absolute atomic E-state index is 10.7. The van der Waals surface area contributed by atoms with Crippen LogP contribution in [-0.4, -0.2) is 26.4 Å². The maximum Gasteiger partial charge on any atom is 0.313 e. The van der Waals surface area contributed by atoms with Crippen LogP contribution < -0.4 is 0 Å². The summed E-state index contributed by atoms with van der Waals surface area (Å²) in [5.41, 5.74) is 2.13. The Morgan fingerprint density at radius 1 is 1.55 bits per heavy atom. The average molecular weight is 287 g/mol. The van der Waals surface area contributed by atoms with Crippen molar-refractivity contribution in [3.63, 3.8) is 0 Å². The minimum absolute atomic E-state index is 0.0180. The van der Waals surface area contributed by atoms with Crippen molar-refractivity contribution >= 4 is 28.8 Å². The summed E-state index contributed by atoms with van der Waals surface area (Å²) in [4.78, 5) is 15.2. The van der Waals surface area contributed by atoms with Gasteiger partial charge in [-0.1, -0.05) is 17.8 Å². The first-order chi connectivity index (χ1) is 9.69. The van der Waals surface area contributed by atoms with Gasteiger partial charge in [-0.3, -0.25) is 4.79 Å². The molecule has 0 spiro atoms. The summed E-state index contributed by atoms with van der Waals surface area (Å²) in [6.07, 6.45) is 2.42. The maximum atomic E-state index is 10.7. The summed E-state index contributed by atoms with van der Waals surface area (Å²) < 4.78 is 2.06. The number of aromatic nitrogens is 2. The van der Waals surface area contributed by atoms with Crippen LogP contribution in [0.3, 0.4) is 0 Å². The number of imidazole rings is 1. The summed E-state index contributed by atoms with van der Waals surface area (Å²) in [7, 11) is 0. The molecule has 1 fully saturated rings. The second-order valence-corrected chi connectivity index (χ2v) is 5.86. The van der Waals surface area contributed by atoms with Crippen molar-refractivity contribution in [1.82, 2.24) is 9.55 Å². The summed E-state index contributed by atoms with van der Waals surface area (Å²) in [6.45, 7) is 0.854. The van der Waals surface area contributed by atoms with Crippen molar-refractivity contribution in [1.29, 1.82) is 5.26 Å². The number of fused-ring (bicyclic) bond motifs is 1. The first kappa shape index (κ1) is 13.0. The van der Waals surface area contributed by atoms with Gasteiger partial charge in [-0.15, -0.1) is 0 Å². The lowest BCUT2D eigenvalue weighted by Crippen LogP contribution is -2.04. The van der Waals surface area contributed by atoms with Crippen molar-refractivity contribution in [2.24, 2.45) is 5.92 Å². The fourth-order valence-corrected chi connectivity index (χ4v) is 2.92. The van der Waals surface area contributed by atoms with Gasteiger partial charge in [0.05, 0.1) is 16.8 Å². The Morgan fingerprint density at radius 2 is 2.35 bits per heavy atom. The molecular formula is C14H13N3O2S. The quantitative estimate of drug-likeness (QED) is 0.855. The van der Waals surface area contributed by atoms with E-state index < -0.39 is 5.97 Å². The van der Waals surface area contributed by atoms with E-state index in [4.69, 9.17) is 10.4 Å². The lowest BCUT2D eigenvalue weighted by molar-refractivity contribution is -0.133. The van der Waals surface area contributed by atoms with Crippen LogP contribution >= 0.6 is 11.8 Å². The van der Waals surface area contributed by atoms with Crippen LogP contribution in [0, 0.1) is 17.2 Å². The molecule has 0 saturated heterocycles. The molecular weight excluding hydrogens is 274 g/mol. The Hall–Kier alpha value is -2.00. The van der Waals surface area contributed by atoms with Crippen molar-refractivity contribution in [3.05, 3.63) is 23.8 Å². The molecule has 0 amide bonds. The van der Waals surface area contributed by atoms with Crippen LogP contribution in [0.5, 0.6) is 0 Å².